The first-order chi connectivity index (χ1) is 15.3. The highest BCUT2D eigenvalue weighted by atomic mass is 16.8. The molecule has 0 aromatic heterocycles. The Morgan fingerprint density at radius 2 is 1.53 bits per heavy atom. The van der Waals surface area contributed by atoms with Crippen LogP contribution in [0.4, 0.5) is 0 Å². The van der Waals surface area contributed by atoms with Crippen LogP contribution in [-0.4, -0.2) is 49.4 Å². The van der Waals surface area contributed by atoms with Crippen molar-refractivity contribution in [2.45, 2.75) is 97.6 Å². The first-order valence-corrected chi connectivity index (χ1v) is 11.5. The fraction of sp³-hybridized carbons (Fsp3) is 0.739. The van der Waals surface area contributed by atoms with Gasteiger partial charge in [-0.1, -0.05) is 64.7 Å². The van der Waals surface area contributed by atoms with Crippen molar-refractivity contribution in [3.05, 3.63) is 11.8 Å². The molecule has 1 N–H and O–H groups in total. The Bertz CT molecular complexity index is 646. The Morgan fingerprint density at radius 1 is 0.938 bits per heavy atom. The third kappa shape index (κ3) is 12.6. The van der Waals surface area contributed by atoms with Crippen molar-refractivity contribution < 1.29 is 38.1 Å². The van der Waals surface area contributed by atoms with Crippen LogP contribution in [0.5, 0.6) is 0 Å². The van der Waals surface area contributed by atoms with Gasteiger partial charge in [-0.3, -0.25) is 19.2 Å². The molecule has 0 aromatic carbocycles. The fourth-order valence-electron chi connectivity index (χ4n) is 3.17. The normalized spacial score (nSPS) is 18.1. The smallest absolute Gasteiger partial charge is 0.308 e. The van der Waals surface area contributed by atoms with Gasteiger partial charge in [0, 0.05) is 26.5 Å². The van der Waals surface area contributed by atoms with Crippen LogP contribution in [-0.2, 0) is 38.1 Å². The summed E-state index contributed by atoms with van der Waals surface area (Å²) in [6.07, 6.45) is 10.3. The molecule has 1 rings (SSSR count). The highest BCUT2D eigenvalue weighted by Gasteiger charge is 2.35. The molecule has 2 atom stereocenters. The predicted octanol–water partition coefficient (Wildman–Crippen LogP) is 3.30. The molecule has 0 aromatic rings. The lowest BCUT2D eigenvalue weighted by atomic mass is 10.1. The fourth-order valence-corrected chi connectivity index (χ4v) is 3.17. The molecule has 0 spiro atoms. The number of ether oxygens (including phenoxy) is 4. The number of rotatable bonds is 16. The van der Waals surface area contributed by atoms with Gasteiger partial charge >= 0.3 is 11.9 Å². The zero-order valence-electron chi connectivity index (χ0n) is 19.5. The number of carbonyl (C=O) groups excluding carboxylic acids is 4. The van der Waals surface area contributed by atoms with Crippen molar-refractivity contribution in [3.63, 3.8) is 0 Å². The van der Waals surface area contributed by atoms with Gasteiger partial charge in [-0.05, 0) is 6.42 Å². The SMILES string of the molecule is CCCCCCCCCCCCNC(=O)CO[C@@H]1O[C@H](OC(C)=O)C=C(OC(C)=O)C1=O. The van der Waals surface area contributed by atoms with Gasteiger partial charge in [0.2, 0.25) is 18.5 Å². The van der Waals surface area contributed by atoms with E-state index in [1.165, 1.54) is 44.9 Å². The number of carbonyl (C=O) groups is 4. The van der Waals surface area contributed by atoms with E-state index in [1.807, 2.05) is 0 Å². The maximum absolute atomic E-state index is 12.3. The van der Waals surface area contributed by atoms with Crippen LogP contribution in [0.3, 0.4) is 0 Å². The van der Waals surface area contributed by atoms with Crippen LogP contribution in [0.25, 0.3) is 0 Å². The molecule has 0 radical (unpaired) electrons. The average Bonchev–Trinajstić information content (AvgIpc) is 2.72. The third-order valence-electron chi connectivity index (χ3n) is 4.76. The van der Waals surface area contributed by atoms with Crippen LogP contribution in [0, 0.1) is 0 Å². The Labute approximate surface area is 190 Å². The molecule has 9 nitrogen and oxygen atoms in total. The van der Waals surface area contributed by atoms with E-state index in [1.54, 1.807) is 0 Å². The molecular formula is C23H37NO8. The monoisotopic (exact) mass is 455 g/mol. The lowest BCUT2D eigenvalue weighted by Crippen LogP contribution is -2.41. The Hall–Kier alpha value is -2.26. The molecular weight excluding hydrogens is 418 g/mol. The maximum Gasteiger partial charge on any atom is 0.308 e. The molecule has 0 unspecified atom stereocenters. The molecule has 1 amide bonds. The second-order valence-corrected chi connectivity index (χ2v) is 7.78. The van der Waals surface area contributed by atoms with E-state index < -0.39 is 42.8 Å². The number of Topliss-reactive ketones (excluding diaryl/α,β-unsaturated/α-hetero) is 1. The molecule has 1 aliphatic heterocycles. The maximum atomic E-state index is 12.3. The topological polar surface area (TPSA) is 117 Å². The summed E-state index contributed by atoms with van der Waals surface area (Å²) in [5, 5.41) is 2.73. The molecule has 0 saturated heterocycles. The minimum Gasteiger partial charge on any atom is -0.432 e. The van der Waals surface area contributed by atoms with Gasteiger partial charge < -0.3 is 24.3 Å². The average molecular weight is 456 g/mol. The summed E-state index contributed by atoms with van der Waals surface area (Å²) in [7, 11) is 0. The molecule has 0 saturated carbocycles. The highest BCUT2D eigenvalue weighted by molar-refractivity contribution is 5.98. The van der Waals surface area contributed by atoms with Gasteiger partial charge in [0.25, 0.3) is 5.78 Å². The van der Waals surface area contributed by atoms with E-state index in [4.69, 9.17) is 18.9 Å². The minimum absolute atomic E-state index is 0.356. The van der Waals surface area contributed by atoms with Crippen molar-refractivity contribution in [1.82, 2.24) is 5.32 Å². The first-order valence-electron chi connectivity index (χ1n) is 11.5. The Morgan fingerprint density at radius 3 is 2.09 bits per heavy atom. The lowest BCUT2D eigenvalue weighted by molar-refractivity contribution is -0.227. The van der Waals surface area contributed by atoms with E-state index in [0.717, 1.165) is 39.2 Å². The van der Waals surface area contributed by atoms with Crippen molar-refractivity contribution >= 4 is 23.6 Å². The summed E-state index contributed by atoms with van der Waals surface area (Å²) < 4.78 is 20.1. The molecule has 0 bridgehead atoms. The number of hydrogen-bond donors (Lipinski definition) is 1. The summed E-state index contributed by atoms with van der Waals surface area (Å²) in [6, 6.07) is 0. The Balaban J connectivity index is 2.24. The number of ketones is 1. The second kappa shape index (κ2) is 16.4. The number of unbranched alkanes of at least 4 members (excludes halogenated alkanes) is 9. The number of hydrogen-bond acceptors (Lipinski definition) is 8. The van der Waals surface area contributed by atoms with Crippen molar-refractivity contribution in [3.8, 4) is 0 Å². The third-order valence-corrected chi connectivity index (χ3v) is 4.76. The standard InChI is InChI=1S/C23H37NO8/c1-4-5-6-7-8-9-10-11-12-13-14-24-20(27)16-29-23-22(28)19(30-17(2)25)15-21(32-23)31-18(3)26/h15,21,23H,4-14,16H2,1-3H3,(H,24,27)/t21-,23+/m0/s1. The number of amides is 1. The van der Waals surface area contributed by atoms with Gasteiger partial charge in [-0.15, -0.1) is 0 Å². The van der Waals surface area contributed by atoms with Crippen LogP contribution in [0.1, 0.15) is 85.0 Å². The summed E-state index contributed by atoms with van der Waals surface area (Å²) in [5.41, 5.74) is 0. The summed E-state index contributed by atoms with van der Waals surface area (Å²) in [5.74, 6) is -2.90. The van der Waals surface area contributed by atoms with E-state index in [0.29, 0.717) is 6.54 Å². The van der Waals surface area contributed by atoms with Gasteiger partial charge in [0.15, 0.2) is 5.76 Å². The van der Waals surface area contributed by atoms with Crippen molar-refractivity contribution in [2.24, 2.45) is 0 Å². The van der Waals surface area contributed by atoms with Gasteiger partial charge in [-0.2, -0.15) is 0 Å². The van der Waals surface area contributed by atoms with Gasteiger partial charge in [0.1, 0.15) is 6.61 Å². The molecule has 1 heterocycles. The largest absolute Gasteiger partial charge is 0.432 e. The highest BCUT2D eigenvalue weighted by Crippen LogP contribution is 2.19. The summed E-state index contributed by atoms with van der Waals surface area (Å²) in [6.45, 7) is 4.60. The summed E-state index contributed by atoms with van der Waals surface area (Å²) >= 11 is 0. The van der Waals surface area contributed by atoms with E-state index in [2.05, 4.69) is 12.2 Å². The van der Waals surface area contributed by atoms with Crippen molar-refractivity contribution in [2.75, 3.05) is 13.2 Å². The molecule has 182 valence electrons. The predicted molar refractivity (Wildman–Crippen MR) is 116 cm³/mol. The zero-order valence-corrected chi connectivity index (χ0v) is 19.5. The molecule has 9 heteroatoms. The van der Waals surface area contributed by atoms with Gasteiger partial charge in [0.05, 0.1) is 0 Å². The zero-order chi connectivity index (χ0) is 23.8. The van der Waals surface area contributed by atoms with Crippen LogP contribution in [0.2, 0.25) is 0 Å². The van der Waals surface area contributed by atoms with Gasteiger partial charge in [-0.25, -0.2) is 0 Å². The minimum atomic E-state index is -1.53. The van der Waals surface area contributed by atoms with E-state index >= 15 is 0 Å². The van der Waals surface area contributed by atoms with E-state index in [9.17, 15) is 19.2 Å². The molecule has 32 heavy (non-hydrogen) atoms. The van der Waals surface area contributed by atoms with Crippen LogP contribution in [0.15, 0.2) is 11.8 Å². The van der Waals surface area contributed by atoms with E-state index in [-0.39, 0.29) is 5.76 Å². The number of nitrogens with one attached hydrogen (secondary N) is 1. The van der Waals surface area contributed by atoms with Crippen LogP contribution >= 0.6 is 0 Å². The number of esters is 2. The lowest BCUT2D eigenvalue weighted by Gasteiger charge is -2.26. The quantitative estimate of drug-likeness (QED) is 0.278. The first kappa shape index (κ1) is 27.8. The summed E-state index contributed by atoms with van der Waals surface area (Å²) in [4.78, 5) is 46.6. The second-order valence-electron chi connectivity index (χ2n) is 7.78. The van der Waals surface area contributed by atoms with Crippen LogP contribution < -0.4 is 5.32 Å². The van der Waals surface area contributed by atoms with Crippen molar-refractivity contribution in [1.29, 1.82) is 0 Å². The molecule has 0 fully saturated rings. The Kier molecular flexibility index (Phi) is 14.2. The molecule has 1 aliphatic rings. The molecule has 0 aliphatic carbocycles.